The van der Waals surface area contributed by atoms with Crippen molar-refractivity contribution >= 4 is 26.9 Å². The molecule has 5 nitrogen and oxygen atoms in total. The Morgan fingerprint density at radius 1 is 1.23 bits per heavy atom. The molecule has 2 aromatic rings. The van der Waals surface area contributed by atoms with E-state index < -0.39 is 9.84 Å². The molecule has 0 aliphatic carbocycles. The second kappa shape index (κ2) is 6.26. The monoisotopic (exact) mass is 338 g/mol. The summed E-state index contributed by atoms with van der Waals surface area (Å²) in [5, 5.41) is 2.64. The molecular weight excluding hydrogens is 320 g/mol. The van der Waals surface area contributed by atoms with Crippen LogP contribution in [0, 0.1) is 0 Å². The summed E-state index contributed by atoms with van der Waals surface area (Å²) in [6.07, 6.45) is 5.06. The van der Waals surface area contributed by atoms with Crippen LogP contribution < -0.4 is 9.64 Å². The molecule has 1 saturated heterocycles. The molecule has 7 heteroatoms. The summed E-state index contributed by atoms with van der Waals surface area (Å²) in [7, 11) is -3.13. The van der Waals surface area contributed by atoms with Crippen LogP contribution in [-0.2, 0) is 9.84 Å². The lowest BCUT2D eigenvalue weighted by molar-refractivity contribution is 0.170. The minimum atomic E-state index is -3.13. The second-order valence-corrected chi connectivity index (χ2v) is 8.24. The molecule has 1 aromatic heterocycles. The van der Waals surface area contributed by atoms with Gasteiger partial charge in [0.1, 0.15) is 6.10 Å². The van der Waals surface area contributed by atoms with Gasteiger partial charge in [0.25, 0.3) is 5.19 Å². The average Bonchev–Trinajstić information content (AvgIpc) is 3.00. The first kappa shape index (κ1) is 15.3. The Morgan fingerprint density at radius 2 is 1.91 bits per heavy atom. The van der Waals surface area contributed by atoms with Crippen LogP contribution >= 0.6 is 11.3 Å². The number of hydrogen-bond donors (Lipinski definition) is 0. The Labute approximate surface area is 134 Å². The van der Waals surface area contributed by atoms with E-state index in [1.165, 1.54) is 17.6 Å². The zero-order valence-corrected chi connectivity index (χ0v) is 13.9. The fraction of sp³-hybridized carbons (Fsp3) is 0.400. The summed E-state index contributed by atoms with van der Waals surface area (Å²) in [5.74, 6) is 0. The Balaban J connectivity index is 1.59. The first-order valence-electron chi connectivity index (χ1n) is 7.13. The van der Waals surface area contributed by atoms with E-state index in [9.17, 15) is 8.42 Å². The highest BCUT2D eigenvalue weighted by Crippen LogP contribution is 2.25. The fourth-order valence-electron chi connectivity index (χ4n) is 2.55. The third-order valence-corrected chi connectivity index (χ3v) is 5.54. The maximum absolute atomic E-state index is 11.5. The van der Waals surface area contributed by atoms with Gasteiger partial charge in [-0.3, -0.25) is 0 Å². The van der Waals surface area contributed by atoms with Crippen LogP contribution in [0.4, 0.5) is 5.69 Å². The van der Waals surface area contributed by atoms with Gasteiger partial charge in [0, 0.05) is 49.5 Å². The van der Waals surface area contributed by atoms with Crippen molar-refractivity contribution in [3.8, 4) is 5.19 Å². The van der Waals surface area contributed by atoms with E-state index in [2.05, 4.69) is 9.88 Å². The average molecular weight is 338 g/mol. The molecule has 22 heavy (non-hydrogen) atoms. The standard InChI is InChI=1S/C15H18N2O3S2/c1-22(18,19)14-4-2-12(3-5-14)17-9-6-13(7-10-17)20-15-16-8-11-21-15/h2-5,8,11,13H,6-7,9-10H2,1H3. The van der Waals surface area contributed by atoms with Crippen molar-refractivity contribution < 1.29 is 13.2 Å². The number of ether oxygens (including phenoxy) is 1. The molecule has 0 N–H and O–H groups in total. The molecule has 0 unspecified atom stereocenters. The predicted octanol–water partition coefficient (Wildman–Crippen LogP) is 2.59. The number of anilines is 1. The lowest BCUT2D eigenvalue weighted by Gasteiger charge is -2.33. The zero-order valence-electron chi connectivity index (χ0n) is 12.3. The van der Waals surface area contributed by atoms with Crippen molar-refractivity contribution in [1.82, 2.24) is 4.98 Å². The van der Waals surface area contributed by atoms with Gasteiger partial charge in [0.15, 0.2) is 9.84 Å². The molecule has 0 radical (unpaired) electrons. The van der Waals surface area contributed by atoms with Crippen molar-refractivity contribution in [2.45, 2.75) is 23.8 Å². The molecule has 3 rings (SSSR count). The van der Waals surface area contributed by atoms with E-state index in [0.29, 0.717) is 4.90 Å². The minimum absolute atomic E-state index is 0.206. The first-order chi connectivity index (χ1) is 10.5. The molecule has 1 aromatic carbocycles. The maximum Gasteiger partial charge on any atom is 0.273 e. The number of thiazole rings is 1. The maximum atomic E-state index is 11.5. The van der Waals surface area contributed by atoms with Crippen molar-refractivity contribution in [3.05, 3.63) is 35.8 Å². The molecule has 0 bridgehead atoms. The molecule has 1 aliphatic heterocycles. The number of hydrogen-bond acceptors (Lipinski definition) is 6. The van der Waals surface area contributed by atoms with Crippen LogP contribution in [0.3, 0.4) is 0 Å². The Kier molecular flexibility index (Phi) is 4.35. The molecule has 0 amide bonds. The molecular formula is C15H18N2O3S2. The lowest BCUT2D eigenvalue weighted by atomic mass is 10.1. The van der Waals surface area contributed by atoms with E-state index >= 15 is 0 Å². The van der Waals surface area contributed by atoms with Crippen LogP contribution in [-0.4, -0.2) is 38.9 Å². The van der Waals surface area contributed by atoms with Gasteiger partial charge in [0.2, 0.25) is 0 Å². The number of sulfone groups is 1. The predicted molar refractivity (Wildman–Crippen MR) is 87.5 cm³/mol. The van der Waals surface area contributed by atoms with Gasteiger partial charge in [-0.05, 0) is 24.3 Å². The van der Waals surface area contributed by atoms with E-state index in [1.54, 1.807) is 18.3 Å². The van der Waals surface area contributed by atoms with Gasteiger partial charge in [-0.15, -0.1) is 0 Å². The SMILES string of the molecule is CS(=O)(=O)c1ccc(N2CCC(Oc3nccs3)CC2)cc1. The molecule has 1 aliphatic rings. The Hall–Kier alpha value is -1.60. The molecule has 0 spiro atoms. The van der Waals surface area contributed by atoms with Crippen molar-refractivity contribution in [2.75, 3.05) is 24.2 Å². The number of piperidine rings is 1. The fourth-order valence-corrected chi connectivity index (χ4v) is 3.73. The topological polar surface area (TPSA) is 59.5 Å². The molecule has 1 fully saturated rings. The largest absolute Gasteiger partial charge is 0.467 e. The summed E-state index contributed by atoms with van der Waals surface area (Å²) in [4.78, 5) is 6.76. The van der Waals surface area contributed by atoms with Crippen LogP contribution in [0.5, 0.6) is 5.19 Å². The summed E-state index contributed by atoms with van der Waals surface area (Å²) < 4.78 is 28.8. The first-order valence-corrected chi connectivity index (χ1v) is 9.91. The molecule has 0 atom stereocenters. The quantitative estimate of drug-likeness (QED) is 0.857. The minimum Gasteiger partial charge on any atom is -0.467 e. The van der Waals surface area contributed by atoms with Crippen LogP contribution in [0.15, 0.2) is 40.7 Å². The highest BCUT2D eigenvalue weighted by Gasteiger charge is 2.21. The smallest absolute Gasteiger partial charge is 0.273 e. The Morgan fingerprint density at radius 3 is 2.45 bits per heavy atom. The van der Waals surface area contributed by atoms with Gasteiger partial charge in [-0.2, -0.15) is 0 Å². The number of aromatic nitrogens is 1. The summed E-state index contributed by atoms with van der Waals surface area (Å²) in [5.41, 5.74) is 1.06. The number of benzene rings is 1. The molecule has 2 heterocycles. The number of nitrogens with zero attached hydrogens (tertiary/aromatic N) is 2. The highest BCUT2D eigenvalue weighted by molar-refractivity contribution is 7.90. The van der Waals surface area contributed by atoms with Gasteiger partial charge < -0.3 is 9.64 Å². The second-order valence-electron chi connectivity index (χ2n) is 5.37. The Bertz CT molecular complexity index is 704. The van der Waals surface area contributed by atoms with Crippen molar-refractivity contribution in [3.63, 3.8) is 0 Å². The lowest BCUT2D eigenvalue weighted by Crippen LogP contribution is -2.38. The molecule has 118 valence electrons. The summed E-state index contributed by atoms with van der Waals surface area (Å²) >= 11 is 1.51. The van der Waals surface area contributed by atoms with Gasteiger partial charge in [0.05, 0.1) is 4.90 Å². The normalized spacial score (nSPS) is 16.7. The van der Waals surface area contributed by atoms with Crippen LogP contribution in [0.2, 0.25) is 0 Å². The zero-order chi connectivity index (χ0) is 15.6. The van der Waals surface area contributed by atoms with Crippen LogP contribution in [0.1, 0.15) is 12.8 Å². The van der Waals surface area contributed by atoms with E-state index in [0.717, 1.165) is 36.8 Å². The van der Waals surface area contributed by atoms with Crippen molar-refractivity contribution in [2.24, 2.45) is 0 Å². The highest BCUT2D eigenvalue weighted by atomic mass is 32.2. The molecule has 0 saturated carbocycles. The third kappa shape index (κ3) is 3.59. The van der Waals surface area contributed by atoms with Crippen LogP contribution in [0.25, 0.3) is 0 Å². The van der Waals surface area contributed by atoms with E-state index in [1.807, 2.05) is 17.5 Å². The third-order valence-electron chi connectivity index (χ3n) is 3.75. The summed E-state index contributed by atoms with van der Waals surface area (Å²) in [6, 6.07) is 7.09. The van der Waals surface area contributed by atoms with Gasteiger partial charge >= 0.3 is 0 Å². The van der Waals surface area contributed by atoms with E-state index in [4.69, 9.17) is 4.74 Å². The number of rotatable bonds is 4. The summed E-state index contributed by atoms with van der Waals surface area (Å²) in [6.45, 7) is 1.79. The van der Waals surface area contributed by atoms with Gasteiger partial charge in [-0.25, -0.2) is 13.4 Å². The van der Waals surface area contributed by atoms with Gasteiger partial charge in [-0.1, -0.05) is 11.3 Å². The van der Waals surface area contributed by atoms with E-state index in [-0.39, 0.29) is 6.10 Å². The van der Waals surface area contributed by atoms with Crippen molar-refractivity contribution in [1.29, 1.82) is 0 Å².